The molecule has 0 radical (unpaired) electrons. The van der Waals surface area contributed by atoms with Gasteiger partial charge in [-0.2, -0.15) is 0 Å². The molecule has 21 heavy (non-hydrogen) atoms. The van der Waals surface area contributed by atoms with Crippen molar-refractivity contribution in [1.29, 1.82) is 0 Å². The van der Waals surface area contributed by atoms with Crippen molar-refractivity contribution in [2.45, 2.75) is 44.2 Å². The molecule has 1 amide bonds. The van der Waals surface area contributed by atoms with E-state index in [1.54, 1.807) is 17.1 Å². The first-order valence-electron chi connectivity index (χ1n) is 7.63. The van der Waals surface area contributed by atoms with Crippen LogP contribution in [-0.4, -0.2) is 21.5 Å². The minimum atomic E-state index is 0.0702. The molecule has 0 bridgehead atoms. The number of imidazole rings is 1. The summed E-state index contributed by atoms with van der Waals surface area (Å²) in [6, 6.07) is 10.8. The molecule has 1 aliphatic rings. The number of rotatable bonds is 4. The van der Waals surface area contributed by atoms with Gasteiger partial charge in [-0.3, -0.25) is 4.79 Å². The predicted octanol–water partition coefficient (Wildman–Crippen LogP) is 2.73. The first kappa shape index (κ1) is 13.9. The fourth-order valence-corrected chi connectivity index (χ4v) is 3.20. The van der Waals surface area contributed by atoms with E-state index in [9.17, 15) is 4.79 Å². The van der Waals surface area contributed by atoms with Crippen molar-refractivity contribution in [1.82, 2.24) is 14.9 Å². The molecule has 1 fully saturated rings. The molecule has 1 saturated carbocycles. The number of benzene rings is 1. The van der Waals surface area contributed by atoms with Gasteiger partial charge in [0.25, 0.3) is 0 Å². The molecule has 4 heteroatoms. The topological polar surface area (TPSA) is 46.9 Å². The van der Waals surface area contributed by atoms with Crippen LogP contribution in [0.5, 0.6) is 0 Å². The van der Waals surface area contributed by atoms with Crippen LogP contribution in [0, 0.1) is 0 Å². The lowest BCUT2D eigenvalue weighted by atomic mass is 9.80. The van der Waals surface area contributed by atoms with Gasteiger partial charge in [-0.15, -0.1) is 0 Å². The van der Waals surface area contributed by atoms with Gasteiger partial charge < -0.3 is 9.88 Å². The maximum Gasteiger partial charge on any atom is 0.240 e. The van der Waals surface area contributed by atoms with Gasteiger partial charge in [0.2, 0.25) is 5.91 Å². The molecule has 110 valence electrons. The Morgan fingerprint density at radius 2 is 2.05 bits per heavy atom. The van der Waals surface area contributed by atoms with Gasteiger partial charge in [-0.25, -0.2) is 4.98 Å². The summed E-state index contributed by atoms with van der Waals surface area (Å²) < 4.78 is 1.80. The summed E-state index contributed by atoms with van der Waals surface area (Å²) in [6.07, 6.45) is 9.84. The molecule has 1 aromatic heterocycles. The van der Waals surface area contributed by atoms with Crippen LogP contribution in [0.4, 0.5) is 0 Å². The molecule has 0 unspecified atom stereocenters. The minimum absolute atomic E-state index is 0.0702. The first-order chi connectivity index (χ1) is 10.3. The zero-order valence-corrected chi connectivity index (χ0v) is 12.1. The standard InChI is InChI=1S/C17H21N3O/c21-17(12-20-11-10-18-13-20)19-16-9-5-4-8-15(16)14-6-2-1-3-7-14/h1-3,6-7,10-11,13,15-16H,4-5,8-9,12H2,(H,19,21)/t15-,16+/m0/s1. The lowest BCUT2D eigenvalue weighted by Crippen LogP contribution is -2.42. The average molecular weight is 283 g/mol. The second-order valence-corrected chi connectivity index (χ2v) is 5.71. The summed E-state index contributed by atoms with van der Waals surface area (Å²) in [6.45, 7) is 0.345. The number of aromatic nitrogens is 2. The second kappa shape index (κ2) is 6.57. The summed E-state index contributed by atoms with van der Waals surface area (Å²) in [4.78, 5) is 16.2. The SMILES string of the molecule is O=C(Cn1ccnc1)N[C@@H]1CCCC[C@H]1c1ccccc1. The largest absolute Gasteiger partial charge is 0.351 e. The fraction of sp³-hybridized carbons (Fsp3) is 0.412. The third-order valence-electron chi connectivity index (χ3n) is 4.23. The number of hydrogen-bond acceptors (Lipinski definition) is 2. The highest BCUT2D eigenvalue weighted by Gasteiger charge is 2.27. The Bertz CT molecular complexity index is 565. The number of amides is 1. The Kier molecular flexibility index (Phi) is 4.34. The van der Waals surface area contributed by atoms with Crippen LogP contribution >= 0.6 is 0 Å². The predicted molar refractivity (Wildman–Crippen MR) is 81.8 cm³/mol. The van der Waals surface area contributed by atoms with Gasteiger partial charge in [-0.1, -0.05) is 43.2 Å². The number of carbonyl (C=O) groups is 1. The number of hydrogen-bond donors (Lipinski definition) is 1. The molecule has 3 rings (SSSR count). The van der Waals surface area contributed by atoms with Crippen molar-refractivity contribution in [3.05, 3.63) is 54.6 Å². The maximum atomic E-state index is 12.2. The van der Waals surface area contributed by atoms with E-state index >= 15 is 0 Å². The van der Waals surface area contributed by atoms with Crippen LogP contribution in [0.1, 0.15) is 37.2 Å². The lowest BCUT2D eigenvalue weighted by Gasteiger charge is -2.32. The Morgan fingerprint density at radius 3 is 2.81 bits per heavy atom. The van der Waals surface area contributed by atoms with Crippen molar-refractivity contribution in [3.8, 4) is 0 Å². The van der Waals surface area contributed by atoms with E-state index in [1.165, 1.54) is 18.4 Å². The first-order valence-corrected chi connectivity index (χ1v) is 7.63. The van der Waals surface area contributed by atoms with E-state index in [2.05, 4.69) is 34.6 Å². The van der Waals surface area contributed by atoms with Crippen molar-refractivity contribution < 1.29 is 4.79 Å². The van der Waals surface area contributed by atoms with Gasteiger partial charge in [0.1, 0.15) is 6.54 Å². The van der Waals surface area contributed by atoms with E-state index in [0.717, 1.165) is 12.8 Å². The number of nitrogens with zero attached hydrogens (tertiary/aromatic N) is 2. The van der Waals surface area contributed by atoms with Crippen molar-refractivity contribution >= 4 is 5.91 Å². The molecular formula is C17H21N3O. The van der Waals surface area contributed by atoms with E-state index in [1.807, 2.05) is 12.3 Å². The lowest BCUT2D eigenvalue weighted by molar-refractivity contribution is -0.122. The number of carbonyl (C=O) groups excluding carboxylic acids is 1. The highest BCUT2D eigenvalue weighted by atomic mass is 16.2. The second-order valence-electron chi connectivity index (χ2n) is 5.71. The molecule has 1 heterocycles. The molecule has 0 aliphatic heterocycles. The van der Waals surface area contributed by atoms with Crippen molar-refractivity contribution in [2.75, 3.05) is 0 Å². The smallest absolute Gasteiger partial charge is 0.240 e. The van der Waals surface area contributed by atoms with Gasteiger partial charge >= 0.3 is 0 Å². The molecule has 1 aliphatic carbocycles. The third-order valence-corrected chi connectivity index (χ3v) is 4.23. The van der Waals surface area contributed by atoms with Gasteiger partial charge in [0.15, 0.2) is 0 Å². The summed E-state index contributed by atoms with van der Waals surface area (Å²) in [7, 11) is 0. The van der Waals surface area contributed by atoms with Crippen LogP contribution in [0.2, 0.25) is 0 Å². The van der Waals surface area contributed by atoms with Crippen LogP contribution in [0.25, 0.3) is 0 Å². The summed E-state index contributed by atoms with van der Waals surface area (Å²) >= 11 is 0. The zero-order valence-electron chi connectivity index (χ0n) is 12.1. The van der Waals surface area contributed by atoms with Crippen LogP contribution in [-0.2, 0) is 11.3 Å². The molecule has 1 aromatic carbocycles. The highest BCUT2D eigenvalue weighted by molar-refractivity contribution is 5.76. The van der Waals surface area contributed by atoms with Crippen LogP contribution in [0.15, 0.2) is 49.1 Å². The number of nitrogens with one attached hydrogen (secondary N) is 1. The Morgan fingerprint density at radius 1 is 1.24 bits per heavy atom. The van der Waals surface area contributed by atoms with Gasteiger partial charge in [0.05, 0.1) is 6.33 Å². The van der Waals surface area contributed by atoms with Gasteiger partial charge in [0, 0.05) is 24.4 Å². The van der Waals surface area contributed by atoms with E-state index in [4.69, 9.17) is 0 Å². The molecule has 0 spiro atoms. The van der Waals surface area contributed by atoms with Crippen molar-refractivity contribution in [3.63, 3.8) is 0 Å². The molecule has 2 atom stereocenters. The normalized spacial score (nSPS) is 21.9. The summed E-state index contributed by atoms with van der Waals surface area (Å²) in [5, 5.41) is 3.22. The van der Waals surface area contributed by atoms with Crippen LogP contribution in [0.3, 0.4) is 0 Å². The Balaban J connectivity index is 1.66. The Labute approximate surface area is 125 Å². The van der Waals surface area contributed by atoms with Crippen LogP contribution < -0.4 is 5.32 Å². The fourth-order valence-electron chi connectivity index (χ4n) is 3.20. The molecule has 2 aromatic rings. The quantitative estimate of drug-likeness (QED) is 0.938. The third kappa shape index (κ3) is 3.51. The molecule has 4 nitrogen and oxygen atoms in total. The average Bonchev–Trinajstić information content (AvgIpc) is 3.01. The molecule has 1 N–H and O–H groups in total. The minimum Gasteiger partial charge on any atom is -0.351 e. The molecule has 0 saturated heterocycles. The Hall–Kier alpha value is -2.10. The monoisotopic (exact) mass is 283 g/mol. The summed E-state index contributed by atoms with van der Waals surface area (Å²) in [5.74, 6) is 0.507. The summed E-state index contributed by atoms with van der Waals surface area (Å²) in [5.41, 5.74) is 1.34. The van der Waals surface area contributed by atoms with E-state index < -0.39 is 0 Å². The van der Waals surface area contributed by atoms with E-state index in [-0.39, 0.29) is 11.9 Å². The molecular weight excluding hydrogens is 262 g/mol. The zero-order chi connectivity index (χ0) is 14.5. The van der Waals surface area contributed by atoms with Gasteiger partial charge in [-0.05, 0) is 18.4 Å². The maximum absolute atomic E-state index is 12.2. The van der Waals surface area contributed by atoms with E-state index in [0.29, 0.717) is 12.5 Å². The highest BCUT2D eigenvalue weighted by Crippen LogP contribution is 2.32. The van der Waals surface area contributed by atoms with Crippen molar-refractivity contribution in [2.24, 2.45) is 0 Å².